The average Bonchev–Trinajstić information content (AvgIpc) is 3.02. The third kappa shape index (κ3) is 2.46. The molecule has 2 N–H and O–H groups in total. The Balaban J connectivity index is 1.45. The summed E-state index contributed by atoms with van der Waals surface area (Å²) in [5.74, 6) is 3.74. The number of benzene rings is 1. The van der Waals surface area contributed by atoms with E-state index in [4.69, 9.17) is 10.2 Å². The summed E-state index contributed by atoms with van der Waals surface area (Å²) in [6.07, 6.45) is 2.32. The van der Waals surface area contributed by atoms with Gasteiger partial charge in [-0.2, -0.15) is 0 Å². The predicted octanol–water partition coefficient (Wildman–Crippen LogP) is 3.54. The third-order valence-electron chi connectivity index (χ3n) is 4.92. The van der Waals surface area contributed by atoms with Crippen LogP contribution in [0.2, 0.25) is 0 Å². The minimum atomic E-state index is 0.667. The second-order valence-corrected chi connectivity index (χ2v) is 6.57. The van der Waals surface area contributed by atoms with Crippen molar-refractivity contribution in [2.24, 2.45) is 5.92 Å². The number of fused-ring (bicyclic) bond motifs is 1. The summed E-state index contributed by atoms with van der Waals surface area (Å²) in [6.45, 7) is 5.21. The van der Waals surface area contributed by atoms with Crippen molar-refractivity contribution in [1.82, 2.24) is 4.90 Å². The van der Waals surface area contributed by atoms with E-state index in [0.717, 1.165) is 43.4 Å². The summed E-state index contributed by atoms with van der Waals surface area (Å²) in [4.78, 5) is 2.45. The van der Waals surface area contributed by atoms with Crippen molar-refractivity contribution in [2.45, 2.75) is 38.8 Å². The Morgan fingerprint density at radius 1 is 1.29 bits per heavy atom. The lowest BCUT2D eigenvalue weighted by atomic mass is 9.98. The molecule has 2 atom stereocenters. The molecule has 3 heteroatoms. The molecule has 2 heterocycles. The lowest BCUT2D eigenvalue weighted by Gasteiger charge is -2.28. The molecule has 1 aromatic carbocycles. The second kappa shape index (κ2) is 4.92. The van der Waals surface area contributed by atoms with E-state index in [1.54, 1.807) is 0 Å². The minimum Gasteiger partial charge on any atom is -0.464 e. The molecular weight excluding hydrogens is 260 g/mol. The van der Waals surface area contributed by atoms with Gasteiger partial charge in [-0.3, -0.25) is 4.90 Å². The first kappa shape index (κ1) is 13.0. The first-order chi connectivity index (χ1) is 10.2. The summed E-state index contributed by atoms with van der Waals surface area (Å²) in [5.41, 5.74) is 9.70. The van der Waals surface area contributed by atoms with Crippen LogP contribution in [0.4, 0.5) is 5.69 Å². The Bertz CT molecular complexity index is 661. The fourth-order valence-corrected chi connectivity index (χ4v) is 3.45. The van der Waals surface area contributed by atoms with Crippen LogP contribution in [-0.4, -0.2) is 11.4 Å². The van der Waals surface area contributed by atoms with E-state index in [1.165, 1.54) is 23.3 Å². The van der Waals surface area contributed by atoms with Crippen molar-refractivity contribution >= 4 is 5.69 Å². The largest absolute Gasteiger partial charge is 0.464 e. The van der Waals surface area contributed by atoms with Crippen molar-refractivity contribution in [3.63, 3.8) is 0 Å². The molecule has 21 heavy (non-hydrogen) atoms. The van der Waals surface area contributed by atoms with Crippen LogP contribution in [-0.2, 0) is 19.5 Å². The van der Waals surface area contributed by atoms with Crippen LogP contribution in [0.1, 0.15) is 41.9 Å². The number of hydrogen-bond acceptors (Lipinski definition) is 3. The maximum Gasteiger partial charge on any atom is 0.118 e. The van der Waals surface area contributed by atoms with Crippen molar-refractivity contribution < 1.29 is 4.42 Å². The van der Waals surface area contributed by atoms with Crippen molar-refractivity contribution in [3.8, 4) is 0 Å². The number of nitrogen functional groups attached to an aromatic ring is 1. The fourth-order valence-electron chi connectivity index (χ4n) is 3.45. The summed E-state index contributed by atoms with van der Waals surface area (Å²) >= 11 is 0. The van der Waals surface area contributed by atoms with Crippen molar-refractivity contribution in [3.05, 3.63) is 53.0 Å². The van der Waals surface area contributed by atoms with Gasteiger partial charge in [0.2, 0.25) is 0 Å². The molecule has 1 aliphatic carbocycles. The molecule has 2 aliphatic rings. The number of nitrogens with two attached hydrogens (primary N) is 1. The Labute approximate surface area is 125 Å². The van der Waals surface area contributed by atoms with Crippen LogP contribution in [0.25, 0.3) is 0 Å². The zero-order valence-electron chi connectivity index (χ0n) is 12.5. The number of furan rings is 1. The van der Waals surface area contributed by atoms with Gasteiger partial charge in [-0.05, 0) is 48.1 Å². The first-order valence-corrected chi connectivity index (χ1v) is 7.88. The lowest BCUT2D eigenvalue weighted by molar-refractivity contribution is 0.224. The summed E-state index contributed by atoms with van der Waals surface area (Å²) < 4.78 is 6.03. The van der Waals surface area contributed by atoms with E-state index in [0.29, 0.717) is 5.92 Å². The van der Waals surface area contributed by atoms with E-state index in [2.05, 4.69) is 36.1 Å². The Morgan fingerprint density at radius 3 is 2.95 bits per heavy atom. The Morgan fingerprint density at radius 2 is 2.14 bits per heavy atom. The van der Waals surface area contributed by atoms with Crippen LogP contribution >= 0.6 is 0 Å². The van der Waals surface area contributed by atoms with Gasteiger partial charge < -0.3 is 10.2 Å². The standard InChI is InChI=1S/C18H22N2O/c1-12-9-16(12)18-6-5-14(21-18)11-20-8-7-15-13(10-20)3-2-4-17(15)19/h2-6,12,16H,7-11,19H2,1H3. The van der Waals surface area contributed by atoms with Gasteiger partial charge in [0.1, 0.15) is 11.5 Å². The average molecular weight is 282 g/mol. The molecular formula is C18H22N2O. The van der Waals surface area contributed by atoms with Gasteiger partial charge in [-0.25, -0.2) is 0 Å². The van der Waals surface area contributed by atoms with Crippen LogP contribution in [0.3, 0.4) is 0 Å². The molecule has 1 saturated carbocycles. The minimum absolute atomic E-state index is 0.667. The van der Waals surface area contributed by atoms with E-state index in [-0.39, 0.29) is 0 Å². The fraction of sp³-hybridized carbons (Fsp3) is 0.444. The topological polar surface area (TPSA) is 42.4 Å². The smallest absolute Gasteiger partial charge is 0.118 e. The number of anilines is 1. The van der Waals surface area contributed by atoms with E-state index < -0.39 is 0 Å². The molecule has 1 aromatic heterocycles. The summed E-state index contributed by atoms with van der Waals surface area (Å²) in [6, 6.07) is 10.6. The zero-order valence-corrected chi connectivity index (χ0v) is 12.5. The zero-order chi connectivity index (χ0) is 14.4. The number of hydrogen-bond donors (Lipinski definition) is 1. The quantitative estimate of drug-likeness (QED) is 0.876. The molecule has 0 saturated heterocycles. The maximum absolute atomic E-state index is 6.06. The van der Waals surface area contributed by atoms with Crippen LogP contribution in [0.5, 0.6) is 0 Å². The van der Waals surface area contributed by atoms with Gasteiger partial charge in [0, 0.05) is 24.7 Å². The van der Waals surface area contributed by atoms with Gasteiger partial charge >= 0.3 is 0 Å². The van der Waals surface area contributed by atoms with Crippen molar-refractivity contribution in [2.75, 3.05) is 12.3 Å². The Hall–Kier alpha value is -1.74. The van der Waals surface area contributed by atoms with E-state index in [9.17, 15) is 0 Å². The summed E-state index contributed by atoms with van der Waals surface area (Å²) in [5, 5.41) is 0. The third-order valence-corrected chi connectivity index (χ3v) is 4.92. The Kier molecular flexibility index (Phi) is 3.03. The highest BCUT2D eigenvalue weighted by atomic mass is 16.3. The van der Waals surface area contributed by atoms with Crippen LogP contribution in [0.15, 0.2) is 34.7 Å². The molecule has 0 spiro atoms. The molecule has 1 aliphatic heterocycles. The predicted molar refractivity (Wildman–Crippen MR) is 83.9 cm³/mol. The van der Waals surface area contributed by atoms with Gasteiger partial charge in [-0.1, -0.05) is 19.1 Å². The van der Waals surface area contributed by atoms with E-state index >= 15 is 0 Å². The monoisotopic (exact) mass is 282 g/mol. The molecule has 2 aromatic rings. The molecule has 1 fully saturated rings. The molecule has 110 valence electrons. The lowest BCUT2D eigenvalue weighted by Crippen LogP contribution is -2.30. The number of rotatable bonds is 3. The normalized spacial score (nSPS) is 24.8. The maximum atomic E-state index is 6.06. The molecule has 4 rings (SSSR count). The molecule has 2 unspecified atom stereocenters. The van der Waals surface area contributed by atoms with Gasteiger partial charge in [-0.15, -0.1) is 0 Å². The molecule has 0 amide bonds. The molecule has 0 radical (unpaired) electrons. The van der Waals surface area contributed by atoms with Gasteiger partial charge in [0.25, 0.3) is 0 Å². The second-order valence-electron chi connectivity index (χ2n) is 6.57. The molecule has 3 nitrogen and oxygen atoms in total. The van der Waals surface area contributed by atoms with Crippen molar-refractivity contribution in [1.29, 1.82) is 0 Å². The summed E-state index contributed by atoms with van der Waals surface area (Å²) in [7, 11) is 0. The van der Waals surface area contributed by atoms with Crippen LogP contribution < -0.4 is 5.73 Å². The highest BCUT2D eigenvalue weighted by molar-refractivity contribution is 5.51. The highest BCUT2D eigenvalue weighted by Crippen LogP contribution is 2.47. The SMILES string of the molecule is CC1CC1c1ccc(CN2CCc3c(N)cccc3C2)o1. The van der Waals surface area contributed by atoms with Gasteiger partial charge in [0.15, 0.2) is 0 Å². The van der Waals surface area contributed by atoms with Gasteiger partial charge in [0.05, 0.1) is 6.54 Å². The van der Waals surface area contributed by atoms with Crippen LogP contribution in [0, 0.1) is 5.92 Å². The highest BCUT2D eigenvalue weighted by Gasteiger charge is 2.36. The number of nitrogens with zero attached hydrogens (tertiary/aromatic N) is 1. The van der Waals surface area contributed by atoms with E-state index in [1.807, 2.05) is 6.07 Å². The molecule has 0 bridgehead atoms. The first-order valence-electron chi connectivity index (χ1n) is 7.88.